The Bertz CT molecular complexity index is 492. The number of nitrogens with one attached hydrogen (secondary N) is 1. The van der Waals surface area contributed by atoms with Crippen LogP contribution in [0.15, 0.2) is 18.2 Å². The largest absolute Gasteiger partial charge is 0.389 e. The van der Waals surface area contributed by atoms with Crippen molar-refractivity contribution in [1.29, 1.82) is 0 Å². The van der Waals surface area contributed by atoms with Gasteiger partial charge in [-0.25, -0.2) is 0 Å². The van der Waals surface area contributed by atoms with Crippen molar-refractivity contribution in [3.63, 3.8) is 0 Å². The number of amides is 1. The lowest BCUT2D eigenvalue weighted by molar-refractivity contribution is 0.0314. The summed E-state index contributed by atoms with van der Waals surface area (Å²) in [6, 6.07) is 5.92. The van der Waals surface area contributed by atoms with Gasteiger partial charge in [0.1, 0.15) is 0 Å². The van der Waals surface area contributed by atoms with E-state index < -0.39 is 5.60 Å². The topological polar surface area (TPSA) is 52.6 Å². The maximum absolute atomic E-state index is 12.7. The van der Waals surface area contributed by atoms with Crippen LogP contribution < -0.4 is 5.32 Å². The summed E-state index contributed by atoms with van der Waals surface area (Å²) in [6.45, 7) is 8.10. The number of carbonyl (C=O) groups is 1. The van der Waals surface area contributed by atoms with Crippen LogP contribution in [0.3, 0.4) is 0 Å². The normalized spacial score (nSPS) is 14.8. The molecule has 20 heavy (non-hydrogen) atoms. The Labute approximate surface area is 120 Å². The molecule has 0 aromatic heterocycles. The van der Waals surface area contributed by atoms with Crippen molar-refractivity contribution in [2.24, 2.45) is 0 Å². The second-order valence-electron chi connectivity index (χ2n) is 6.00. The zero-order valence-electron chi connectivity index (χ0n) is 12.6. The first-order valence-corrected chi connectivity index (χ1v) is 7.25. The summed E-state index contributed by atoms with van der Waals surface area (Å²) < 4.78 is 0. The van der Waals surface area contributed by atoms with E-state index in [1.165, 1.54) is 5.56 Å². The fourth-order valence-electron chi connectivity index (χ4n) is 2.70. The van der Waals surface area contributed by atoms with Gasteiger partial charge in [-0.15, -0.1) is 0 Å². The van der Waals surface area contributed by atoms with E-state index >= 15 is 0 Å². The Morgan fingerprint density at radius 1 is 1.45 bits per heavy atom. The molecule has 0 radical (unpaired) electrons. The van der Waals surface area contributed by atoms with Crippen LogP contribution in [0.4, 0.5) is 0 Å². The number of hydrogen-bond acceptors (Lipinski definition) is 3. The molecule has 0 spiro atoms. The van der Waals surface area contributed by atoms with Crippen molar-refractivity contribution in [2.45, 2.75) is 39.3 Å². The van der Waals surface area contributed by atoms with Crippen molar-refractivity contribution in [3.8, 4) is 0 Å². The molecule has 110 valence electrons. The van der Waals surface area contributed by atoms with Crippen molar-refractivity contribution < 1.29 is 9.90 Å². The van der Waals surface area contributed by atoms with E-state index in [4.69, 9.17) is 0 Å². The molecule has 0 fully saturated rings. The molecule has 0 bridgehead atoms. The van der Waals surface area contributed by atoms with Crippen LogP contribution in [0.5, 0.6) is 0 Å². The number of hydrogen-bond donors (Lipinski definition) is 2. The molecule has 0 aliphatic carbocycles. The molecule has 1 aliphatic rings. The minimum Gasteiger partial charge on any atom is -0.389 e. The van der Waals surface area contributed by atoms with Crippen LogP contribution >= 0.6 is 0 Å². The number of carbonyl (C=O) groups excluding carboxylic acids is 1. The first kappa shape index (κ1) is 15.0. The summed E-state index contributed by atoms with van der Waals surface area (Å²) in [5, 5.41) is 13.3. The molecule has 1 heterocycles. The third-order valence-electron chi connectivity index (χ3n) is 3.62. The number of benzene rings is 1. The third-order valence-corrected chi connectivity index (χ3v) is 3.62. The highest BCUT2D eigenvalue weighted by Gasteiger charge is 2.25. The smallest absolute Gasteiger partial charge is 0.254 e. The van der Waals surface area contributed by atoms with Gasteiger partial charge in [-0.05, 0) is 50.9 Å². The number of fused-ring (bicyclic) bond motifs is 1. The second kappa shape index (κ2) is 5.94. The SMILES string of the molecule is CCN(CC(C)(C)O)C(=O)c1cccc2c1CCNC2. The summed E-state index contributed by atoms with van der Waals surface area (Å²) in [5.41, 5.74) is 2.28. The highest BCUT2D eigenvalue weighted by atomic mass is 16.3. The van der Waals surface area contributed by atoms with E-state index in [9.17, 15) is 9.90 Å². The van der Waals surface area contributed by atoms with Crippen LogP contribution in [0, 0.1) is 0 Å². The summed E-state index contributed by atoms with van der Waals surface area (Å²) in [7, 11) is 0. The molecule has 0 saturated carbocycles. The van der Waals surface area contributed by atoms with Gasteiger partial charge in [-0.3, -0.25) is 4.79 Å². The number of likely N-dealkylation sites (N-methyl/N-ethyl adjacent to an activating group) is 1. The van der Waals surface area contributed by atoms with Crippen molar-refractivity contribution in [1.82, 2.24) is 10.2 Å². The van der Waals surface area contributed by atoms with Crippen LogP contribution in [0.25, 0.3) is 0 Å². The molecule has 0 saturated heterocycles. The predicted octanol–water partition coefficient (Wildman–Crippen LogP) is 1.57. The second-order valence-corrected chi connectivity index (χ2v) is 6.00. The molecule has 0 unspecified atom stereocenters. The monoisotopic (exact) mass is 276 g/mol. The van der Waals surface area contributed by atoms with Gasteiger partial charge in [0.25, 0.3) is 5.91 Å². The fourth-order valence-corrected chi connectivity index (χ4v) is 2.70. The number of rotatable bonds is 4. The molecule has 1 aromatic carbocycles. The molecular weight excluding hydrogens is 252 g/mol. The first-order valence-electron chi connectivity index (χ1n) is 7.25. The van der Waals surface area contributed by atoms with Gasteiger partial charge in [0.2, 0.25) is 0 Å². The van der Waals surface area contributed by atoms with Crippen LogP contribution in [-0.2, 0) is 13.0 Å². The van der Waals surface area contributed by atoms with Crippen molar-refractivity contribution in [3.05, 3.63) is 34.9 Å². The van der Waals surface area contributed by atoms with Gasteiger partial charge in [-0.2, -0.15) is 0 Å². The average Bonchev–Trinajstić information content (AvgIpc) is 2.42. The molecule has 2 N–H and O–H groups in total. The van der Waals surface area contributed by atoms with Gasteiger partial charge in [0.05, 0.1) is 5.60 Å². The van der Waals surface area contributed by atoms with E-state index in [-0.39, 0.29) is 5.91 Å². The minimum atomic E-state index is -0.873. The maximum atomic E-state index is 12.7. The molecule has 0 atom stereocenters. The number of aliphatic hydroxyl groups is 1. The van der Waals surface area contributed by atoms with Crippen molar-refractivity contribution in [2.75, 3.05) is 19.6 Å². The quantitative estimate of drug-likeness (QED) is 0.877. The Hall–Kier alpha value is -1.39. The molecule has 4 nitrogen and oxygen atoms in total. The van der Waals surface area contributed by atoms with Gasteiger partial charge in [0.15, 0.2) is 0 Å². The van der Waals surface area contributed by atoms with Gasteiger partial charge in [-0.1, -0.05) is 12.1 Å². The molecule has 4 heteroatoms. The lowest BCUT2D eigenvalue weighted by atomic mass is 9.94. The van der Waals surface area contributed by atoms with E-state index in [1.54, 1.807) is 18.7 Å². The zero-order chi connectivity index (χ0) is 14.8. The standard InChI is InChI=1S/C16H24N2O2/c1-4-18(11-16(2,3)20)15(19)14-7-5-6-12-10-17-9-8-13(12)14/h5-7,17,20H,4,8-11H2,1-3H3. The Morgan fingerprint density at radius 3 is 2.85 bits per heavy atom. The average molecular weight is 276 g/mol. The van der Waals surface area contributed by atoms with E-state index in [0.29, 0.717) is 13.1 Å². The molecule has 1 aliphatic heterocycles. The van der Waals surface area contributed by atoms with E-state index in [1.807, 2.05) is 19.1 Å². The Kier molecular flexibility index (Phi) is 4.45. The van der Waals surface area contributed by atoms with Gasteiger partial charge >= 0.3 is 0 Å². The summed E-state index contributed by atoms with van der Waals surface area (Å²) >= 11 is 0. The lowest BCUT2D eigenvalue weighted by Crippen LogP contribution is -2.42. The fraction of sp³-hybridized carbons (Fsp3) is 0.562. The lowest BCUT2D eigenvalue weighted by Gasteiger charge is -2.29. The molecule has 1 amide bonds. The Morgan fingerprint density at radius 2 is 2.20 bits per heavy atom. The van der Waals surface area contributed by atoms with E-state index in [0.717, 1.165) is 30.6 Å². The summed E-state index contributed by atoms with van der Waals surface area (Å²) in [6.07, 6.45) is 0.886. The molecule has 1 aromatic rings. The molecular formula is C16H24N2O2. The summed E-state index contributed by atoms with van der Waals surface area (Å²) in [5.74, 6) is 0.0216. The van der Waals surface area contributed by atoms with E-state index in [2.05, 4.69) is 11.4 Å². The maximum Gasteiger partial charge on any atom is 0.254 e. The first-order chi connectivity index (χ1) is 9.42. The molecule has 2 rings (SSSR count). The van der Waals surface area contributed by atoms with Gasteiger partial charge in [0, 0.05) is 25.2 Å². The van der Waals surface area contributed by atoms with Crippen LogP contribution in [0.2, 0.25) is 0 Å². The van der Waals surface area contributed by atoms with Gasteiger partial charge < -0.3 is 15.3 Å². The highest BCUT2D eigenvalue weighted by molar-refractivity contribution is 5.96. The summed E-state index contributed by atoms with van der Waals surface area (Å²) in [4.78, 5) is 14.4. The Balaban J connectivity index is 2.28. The van der Waals surface area contributed by atoms with Crippen molar-refractivity contribution >= 4 is 5.91 Å². The zero-order valence-corrected chi connectivity index (χ0v) is 12.6. The number of nitrogens with zero attached hydrogens (tertiary/aromatic N) is 1. The predicted molar refractivity (Wildman–Crippen MR) is 79.7 cm³/mol. The highest BCUT2D eigenvalue weighted by Crippen LogP contribution is 2.21. The third kappa shape index (κ3) is 3.38. The van der Waals surface area contributed by atoms with Crippen LogP contribution in [0.1, 0.15) is 42.3 Å². The van der Waals surface area contributed by atoms with Crippen LogP contribution in [-0.4, -0.2) is 41.1 Å². The minimum absolute atomic E-state index is 0.0216.